The van der Waals surface area contributed by atoms with Crippen LogP contribution >= 0.6 is 12.2 Å². The van der Waals surface area contributed by atoms with Gasteiger partial charge >= 0.3 is 6.18 Å². The average molecular weight is 365 g/mol. The van der Waals surface area contributed by atoms with Crippen molar-refractivity contribution in [2.75, 3.05) is 19.3 Å². The van der Waals surface area contributed by atoms with Gasteiger partial charge in [0.15, 0.2) is 5.11 Å². The van der Waals surface area contributed by atoms with E-state index in [1.807, 2.05) is 4.90 Å². The van der Waals surface area contributed by atoms with E-state index in [0.29, 0.717) is 15.5 Å². The van der Waals surface area contributed by atoms with Crippen molar-refractivity contribution in [2.45, 2.75) is 25.9 Å². The largest absolute Gasteiger partial charge is 0.433 e. The van der Waals surface area contributed by atoms with Crippen molar-refractivity contribution in [1.29, 1.82) is 0 Å². The fraction of sp³-hybridized carbons (Fsp3) is 0.500. The summed E-state index contributed by atoms with van der Waals surface area (Å²) in [5.41, 5.74) is -0.584. The molecule has 0 saturated carbocycles. The number of thiocarbonyl (C=S) groups is 1. The molecule has 1 aromatic heterocycles. The lowest BCUT2D eigenvalue weighted by atomic mass is 10.2. The summed E-state index contributed by atoms with van der Waals surface area (Å²) in [7, 11) is -2.69. The van der Waals surface area contributed by atoms with Gasteiger partial charge in [-0.2, -0.15) is 13.2 Å². The Balaban J connectivity index is 2.24. The second kappa shape index (κ2) is 6.64. The van der Waals surface area contributed by atoms with Crippen molar-refractivity contribution in [2.24, 2.45) is 0 Å². The minimum atomic E-state index is -4.49. The van der Waals surface area contributed by atoms with Gasteiger partial charge in [-0.05, 0) is 38.0 Å². The molecule has 0 aliphatic carbocycles. The Kier molecular flexibility index (Phi) is 5.20. The van der Waals surface area contributed by atoms with Crippen LogP contribution in [0.4, 0.5) is 13.2 Å². The van der Waals surface area contributed by atoms with Crippen LogP contribution in [0.5, 0.6) is 0 Å². The molecule has 0 spiro atoms. The average Bonchev–Trinajstić information content (AvgIpc) is 2.99. The second-order valence-corrected chi connectivity index (χ2v) is 8.32. The molecule has 2 rings (SSSR count). The topological polar surface area (TPSA) is 45.2 Å². The summed E-state index contributed by atoms with van der Waals surface area (Å²) in [5.74, 6) is 0. The van der Waals surface area contributed by atoms with E-state index in [1.54, 1.807) is 6.92 Å². The van der Waals surface area contributed by atoms with Crippen molar-refractivity contribution < 1.29 is 17.4 Å². The molecule has 9 heteroatoms. The number of rotatable bonds is 2. The first kappa shape index (κ1) is 18.0. The molecule has 1 aliphatic heterocycles. The first-order valence-corrected chi connectivity index (χ1v) is 9.42. The van der Waals surface area contributed by atoms with E-state index >= 15 is 0 Å². The number of hydrogen-bond acceptors (Lipinski definition) is 3. The number of likely N-dealkylation sites (tertiary alicyclic amines) is 1. The standard InChI is InChI=1S/C14H18F3N3OS2/c1-10(11-5-6-12(18-9-11)14(15,16)17)23(2,21)19-13(22)20-7-3-4-8-20/h5-6,9H,3-4,7-8H2,1-2H3,(H,19,21,22). The van der Waals surface area contributed by atoms with E-state index in [1.165, 1.54) is 12.3 Å². The zero-order valence-corrected chi connectivity index (χ0v) is 14.4. The van der Waals surface area contributed by atoms with E-state index in [-0.39, 0.29) is 0 Å². The Labute approximate surface area is 139 Å². The number of halogens is 3. The Morgan fingerprint density at radius 2 is 1.96 bits per heavy atom. The van der Waals surface area contributed by atoms with Gasteiger partial charge in [-0.25, -0.2) is 4.21 Å². The SMILES string of the molecule is CC(c1ccc(C(F)(F)F)nc1)=S(C)(=O)NC(=S)N1CCCC1. The van der Waals surface area contributed by atoms with Crippen LogP contribution in [0.25, 0.3) is 0 Å². The number of nitrogens with zero attached hydrogens (tertiary/aromatic N) is 2. The number of nitrogens with one attached hydrogen (secondary N) is 1. The molecule has 0 radical (unpaired) electrons. The van der Waals surface area contributed by atoms with Crippen LogP contribution in [0, 0.1) is 0 Å². The summed E-state index contributed by atoms with van der Waals surface area (Å²) in [4.78, 5) is 5.76. The number of alkyl halides is 3. The highest BCUT2D eigenvalue weighted by atomic mass is 32.2. The first-order valence-electron chi connectivity index (χ1n) is 7.04. The highest BCUT2D eigenvalue weighted by Gasteiger charge is 2.32. The number of hydrogen-bond donors (Lipinski definition) is 1. The monoisotopic (exact) mass is 365 g/mol. The van der Waals surface area contributed by atoms with Gasteiger partial charge < -0.3 is 4.90 Å². The molecular formula is C14H18F3N3OS2. The summed E-state index contributed by atoms with van der Waals surface area (Å²) < 4.78 is 53.3. The lowest BCUT2D eigenvalue weighted by Crippen LogP contribution is -2.42. The molecule has 1 atom stereocenters. The molecular weight excluding hydrogens is 347 g/mol. The summed E-state index contributed by atoms with van der Waals surface area (Å²) in [6, 6.07) is 2.15. The third kappa shape index (κ3) is 4.35. The van der Waals surface area contributed by atoms with Crippen LogP contribution in [-0.4, -0.2) is 43.4 Å². The van der Waals surface area contributed by atoms with E-state index in [0.717, 1.165) is 38.2 Å². The van der Waals surface area contributed by atoms with Crippen LogP contribution in [-0.2, 0) is 15.9 Å². The smallest absolute Gasteiger partial charge is 0.349 e. The zero-order valence-electron chi connectivity index (χ0n) is 12.8. The third-order valence-electron chi connectivity index (χ3n) is 3.72. The van der Waals surface area contributed by atoms with Crippen molar-refractivity contribution in [3.05, 3.63) is 29.6 Å². The van der Waals surface area contributed by atoms with Gasteiger partial charge in [-0.15, -0.1) is 0 Å². The fourth-order valence-electron chi connectivity index (χ4n) is 2.22. The fourth-order valence-corrected chi connectivity index (χ4v) is 4.07. The van der Waals surface area contributed by atoms with Gasteiger partial charge in [0, 0.05) is 36.0 Å². The molecule has 4 nitrogen and oxygen atoms in total. The van der Waals surface area contributed by atoms with E-state index in [9.17, 15) is 17.4 Å². The molecule has 2 heterocycles. The Bertz CT molecular complexity index is 701. The summed E-state index contributed by atoms with van der Waals surface area (Å²) in [5, 5.41) is 0.411. The van der Waals surface area contributed by atoms with Crippen molar-refractivity contribution in [3.8, 4) is 0 Å². The summed E-state index contributed by atoms with van der Waals surface area (Å²) >= 11 is 5.26. The van der Waals surface area contributed by atoms with E-state index in [2.05, 4.69) is 9.71 Å². The van der Waals surface area contributed by atoms with Crippen LogP contribution < -0.4 is 4.72 Å². The minimum Gasteiger partial charge on any atom is -0.349 e. The van der Waals surface area contributed by atoms with E-state index in [4.69, 9.17) is 12.2 Å². The molecule has 1 aromatic rings. The quantitative estimate of drug-likeness (QED) is 0.646. The van der Waals surface area contributed by atoms with Gasteiger partial charge in [0.25, 0.3) is 0 Å². The highest BCUT2D eigenvalue weighted by Crippen LogP contribution is 2.27. The Morgan fingerprint density at radius 1 is 1.35 bits per heavy atom. The molecule has 0 aromatic carbocycles. The lowest BCUT2D eigenvalue weighted by Gasteiger charge is -2.22. The molecule has 128 valence electrons. The van der Waals surface area contributed by atoms with Crippen LogP contribution in [0.3, 0.4) is 0 Å². The lowest BCUT2D eigenvalue weighted by molar-refractivity contribution is -0.141. The normalized spacial score (nSPS) is 17.7. The van der Waals surface area contributed by atoms with Gasteiger partial charge in [0.2, 0.25) is 0 Å². The van der Waals surface area contributed by atoms with Crippen molar-refractivity contribution in [3.63, 3.8) is 0 Å². The van der Waals surface area contributed by atoms with Crippen molar-refractivity contribution in [1.82, 2.24) is 14.6 Å². The second-order valence-electron chi connectivity index (χ2n) is 5.43. The van der Waals surface area contributed by atoms with Gasteiger partial charge in [0.1, 0.15) is 5.69 Å². The predicted octanol–water partition coefficient (Wildman–Crippen LogP) is 2.44. The molecule has 23 heavy (non-hydrogen) atoms. The molecule has 1 saturated heterocycles. The molecule has 0 amide bonds. The zero-order chi connectivity index (χ0) is 17.3. The molecule has 1 aliphatic rings. The first-order chi connectivity index (χ1) is 10.6. The summed E-state index contributed by atoms with van der Waals surface area (Å²) in [6.07, 6.45) is 0.163. The predicted molar refractivity (Wildman–Crippen MR) is 89.6 cm³/mol. The summed E-state index contributed by atoms with van der Waals surface area (Å²) in [6.45, 7) is 3.25. The maximum absolute atomic E-state index is 12.8. The maximum atomic E-state index is 12.8. The number of pyridine rings is 1. The van der Waals surface area contributed by atoms with Gasteiger partial charge in [-0.3, -0.25) is 9.71 Å². The maximum Gasteiger partial charge on any atom is 0.433 e. The number of aromatic nitrogens is 1. The van der Waals surface area contributed by atoms with Gasteiger partial charge in [-0.1, -0.05) is 6.07 Å². The van der Waals surface area contributed by atoms with E-state index < -0.39 is 21.6 Å². The molecule has 1 unspecified atom stereocenters. The van der Waals surface area contributed by atoms with Gasteiger partial charge in [0.05, 0.1) is 9.71 Å². The van der Waals surface area contributed by atoms with Crippen LogP contribution in [0.2, 0.25) is 0 Å². The molecule has 1 N–H and O–H groups in total. The molecule has 1 fully saturated rings. The van der Waals surface area contributed by atoms with Crippen molar-refractivity contribution >= 4 is 31.9 Å². The third-order valence-corrected chi connectivity index (χ3v) is 6.20. The minimum absolute atomic E-state index is 0.391. The van der Waals surface area contributed by atoms with Crippen LogP contribution in [0.1, 0.15) is 31.0 Å². The van der Waals surface area contributed by atoms with Crippen LogP contribution in [0.15, 0.2) is 18.3 Å². The Morgan fingerprint density at radius 3 is 2.43 bits per heavy atom. The molecule has 0 bridgehead atoms. The Hall–Kier alpha value is -1.35. The highest BCUT2D eigenvalue weighted by molar-refractivity contribution is 8.01.